The fourth-order valence-corrected chi connectivity index (χ4v) is 4.80. The summed E-state index contributed by atoms with van der Waals surface area (Å²) in [6, 6.07) is 6.66. The van der Waals surface area contributed by atoms with Gasteiger partial charge in [-0.15, -0.1) is 0 Å². The molecule has 3 aliphatic heterocycles. The molecule has 0 saturated carbocycles. The van der Waals surface area contributed by atoms with Gasteiger partial charge < -0.3 is 15.1 Å². The summed E-state index contributed by atoms with van der Waals surface area (Å²) >= 11 is 5.42. The van der Waals surface area contributed by atoms with Gasteiger partial charge in [0.25, 0.3) is 0 Å². The zero-order valence-electron chi connectivity index (χ0n) is 17.0. The van der Waals surface area contributed by atoms with Gasteiger partial charge in [-0.05, 0) is 61.6 Å². The summed E-state index contributed by atoms with van der Waals surface area (Å²) in [5.74, 6) is 2.68. The first-order valence-corrected chi connectivity index (χ1v) is 10.8. The molecule has 3 saturated heterocycles. The lowest BCUT2D eigenvalue weighted by Crippen LogP contribution is -2.56. The summed E-state index contributed by atoms with van der Waals surface area (Å²) in [5, 5.41) is 12.2. The first kappa shape index (κ1) is 19.5. The molecule has 0 spiro atoms. The summed E-state index contributed by atoms with van der Waals surface area (Å²) in [7, 11) is 2.05. The van der Waals surface area contributed by atoms with Crippen molar-refractivity contribution in [1.29, 1.82) is 0 Å². The molecule has 3 fully saturated rings. The minimum absolute atomic E-state index is 0.539. The van der Waals surface area contributed by atoms with Crippen molar-refractivity contribution in [2.45, 2.75) is 38.6 Å². The highest BCUT2D eigenvalue weighted by Gasteiger charge is 2.41. The number of nitrogens with zero attached hydrogens (tertiary/aromatic N) is 3. The van der Waals surface area contributed by atoms with E-state index in [-0.39, 0.29) is 0 Å². The number of thiocarbonyl (C=S) groups is 1. The fourth-order valence-electron chi connectivity index (χ4n) is 4.63. The summed E-state index contributed by atoms with van der Waals surface area (Å²) in [6.45, 7) is 8.51. The lowest BCUT2D eigenvalue weighted by atomic mass is 9.74. The molecule has 6 nitrogen and oxygen atoms in total. The third kappa shape index (κ3) is 4.10. The number of furan rings is 1. The Kier molecular flexibility index (Phi) is 5.73. The number of aryl methyl sites for hydroxylation is 1. The molecule has 2 aromatic rings. The molecule has 1 unspecified atom stereocenters. The predicted octanol–water partition coefficient (Wildman–Crippen LogP) is 2.98. The van der Waals surface area contributed by atoms with Crippen molar-refractivity contribution >= 4 is 17.3 Å². The molecular weight excluding hydrogens is 370 g/mol. The monoisotopic (exact) mass is 401 g/mol. The summed E-state index contributed by atoms with van der Waals surface area (Å²) < 4.78 is 7.57. The van der Waals surface area contributed by atoms with Crippen molar-refractivity contribution in [3.63, 3.8) is 0 Å². The summed E-state index contributed by atoms with van der Waals surface area (Å²) in [5.41, 5.74) is 2.25. The Morgan fingerprint density at radius 3 is 2.93 bits per heavy atom. The van der Waals surface area contributed by atoms with Gasteiger partial charge >= 0.3 is 0 Å². The van der Waals surface area contributed by atoms with Gasteiger partial charge in [0.15, 0.2) is 10.9 Å². The number of rotatable bonds is 6. The van der Waals surface area contributed by atoms with E-state index in [4.69, 9.17) is 21.7 Å². The van der Waals surface area contributed by atoms with Gasteiger partial charge in [-0.1, -0.05) is 13.8 Å². The van der Waals surface area contributed by atoms with Crippen LogP contribution in [-0.2, 0) is 7.05 Å². The smallest absolute Gasteiger partial charge is 0.166 e. The van der Waals surface area contributed by atoms with E-state index >= 15 is 0 Å². The fraction of sp³-hybridized carbons (Fsp3) is 0.619. The van der Waals surface area contributed by atoms with E-state index in [1.54, 1.807) is 6.26 Å². The maximum Gasteiger partial charge on any atom is 0.166 e. The zero-order chi connectivity index (χ0) is 19.7. The van der Waals surface area contributed by atoms with Gasteiger partial charge in [0.05, 0.1) is 6.26 Å². The second-order valence-corrected chi connectivity index (χ2v) is 8.99. The Morgan fingerprint density at radius 1 is 1.39 bits per heavy atom. The van der Waals surface area contributed by atoms with Crippen molar-refractivity contribution in [3.05, 3.63) is 30.2 Å². The van der Waals surface area contributed by atoms with Crippen LogP contribution < -0.4 is 10.6 Å². The van der Waals surface area contributed by atoms with Crippen LogP contribution in [0.25, 0.3) is 11.5 Å². The third-order valence-electron chi connectivity index (χ3n) is 6.12. The normalized spacial score (nSPS) is 26.6. The number of hydrogen-bond donors (Lipinski definition) is 2. The topological polar surface area (TPSA) is 58.3 Å². The van der Waals surface area contributed by atoms with E-state index in [1.807, 2.05) is 16.8 Å². The van der Waals surface area contributed by atoms with Crippen molar-refractivity contribution in [2.24, 2.45) is 18.9 Å². The van der Waals surface area contributed by atoms with Crippen molar-refractivity contribution < 1.29 is 4.42 Å². The highest BCUT2D eigenvalue weighted by atomic mass is 32.1. The Labute approximate surface area is 172 Å². The Morgan fingerprint density at radius 2 is 2.25 bits per heavy atom. The van der Waals surface area contributed by atoms with E-state index < -0.39 is 0 Å². The maximum atomic E-state index is 5.53. The van der Waals surface area contributed by atoms with E-state index in [2.05, 4.69) is 42.5 Å². The summed E-state index contributed by atoms with van der Waals surface area (Å²) in [6.07, 6.45) is 4.18. The first-order chi connectivity index (χ1) is 13.5. The SMILES string of the molecule is CC(C)CNC(=S)NC[C@H]1C[C@@H]2CCN1C[C@@H]2c1cc(-c2ccco2)nn1C. The van der Waals surface area contributed by atoms with Gasteiger partial charge in [-0.2, -0.15) is 5.10 Å². The third-order valence-corrected chi connectivity index (χ3v) is 6.41. The zero-order valence-corrected chi connectivity index (χ0v) is 17.8. The van der Waals surface area contributed by atoms with E-state index in [1.165, 1.54) is 25.1 Å². The Hall–Kier alpha value is -1.86. The molecule has 5 rings (SSSR count). The molecule has 3 aliphatic rings. The van der Waals surface area contributed by atoms with Crippen LogP contribution in [0.3, 0.4) is 0 Å². The van der Waals surface area contributed by atoms with Crippen LogP contribution in [0.2, 0.25) is 0 Å². The van der Waals surface area contributed by atoms with E-state index in [0.717, 1.165) is 36.2 Å². The second kappa shape index (κ2) is 8.25. The highest BCUT2D eigenvalue weighted by molar-refractivity contribution is 7.80. The van der Waals surface area contributed by atoms with Gasteiger partial charge in [-0.3, -0.25) is 9.58 Å². The molecule has 28 heavy (non-hydrogen) atoms. The second-order valence-electron chi connectivity index (χ2n) is 8.58. The van der Waals surface area contributed by atoms with Crippen LogP contribution in [-0.4, -0.2) is 52.0 Å². The van der Waals surface area contributed by atoms with Crippen LogP contribution in [0.15, 0.2) is 28.9 Å². The van der Waals surface area contributed by atoms with Crippen molar-refractivity contribution in [2.75, 3.05) is 26.2 Å². The van der Waals surface area contributed by atoms with Crippen LogP contribution >= 0.6 is 12.2 Å². The number of hydrogen-bond acceptors (Lipinski definition) is 4. The van der Waals surface area contributed by atoms with Crippen molar-refractivity contribution in [1.82, 2.24) is 25.3 Å². The van der Waals surface area contributed by atoms with Crippen molar-refractivity contribution in [3.8, 4) is 11.5 Å². The average molecular weight is 402 g/mol. The molecule has 2 aromatic heterocycles. The predicted molar refractivity (Wildman–Crippen MR) is 115 cm³/mol. The average Bonchev–Trinajstić information content (AvgIpc) is 3.34. The maximum absolute atomic E-state index is 5.53. The van der Waals surface area contributed by atoms with Gasteiger partial charge in [0.1, 0.15) is 5.69 Å². The minimum atomic E-state index is 0.539. The molecule has 7 heteroatoms. The number of fused-ring (bicyclic) bond motifs is 3. The molecule has 5 heterocycles. The van der Waals surface area contributed by atoms with E-state index in [0.29, 0.717) is 23.8 Å². The highest BCUT2D eigenvalue weighted by Crippen LogP contribution is 2.42. The lowest BCUT2D eigenvalue weighted by Gasteiger charge is -2.50. The number of piperidine rings is 3. The molecule has 0 aliphatic carbocycles. The number of nitrogens with one attached hydrogen (secondary N) is 2. The van der Waals surface area contributed by atoms with Crippen LogP contribution in [0.5, 0.6) is 0 Å². The molecule has 0 radical (unpaired) electrons. The van der Waals surface area contributed by atoms with Gasteiger partial charge in [-0.25, -0.2) is 0 Å². The minimum Gasteiger partial charge on any atom is -0.463 e. The van der Waals surface area contributed by atoms with Gasteiger partial charge in [0, 0.05) is 44.3 Å². The summed E-state index contributed by atoms with van der Waals surface area (Å²) in [4.78, 5) is 2.63. The van der Waals surface area contributed by atoms with Crippen LogP contribution in [0.1, 0.15) is 38.3 Å². The number of aromatic nitrogens is 2. The molecule has 152 valence electrons. The quantitative estimate of drug-likeness (QED) is 0.726. The first-order valence-electron chi connectivity index (χ1n) is 10.3. The molecular formula is C21H31N5OS. The molecule has 4 atom stereocenters. The van der Waals surface area contributed by atoms with Crippen LogP contribution in [0.4, 0.5) is 0 Å². The van der Waals surface area contributed by atoms with Gasteiger partial charge in [0.2, 0.25) is 0 Å². The largest absolute Gasteiger partial charge is 0.463 e. The van der Waals surface area contributed by atoms with E-state index in [9.17, 15) is 0 Å². The van der Waals surface area contributed by atoms with Crippen LogP contribution in [0, 0.1) is 11.8 Å². The lowest BCUT2D eigenvalue weighted by molar-refractivity contribution is 0.0303. The Bertz CT molecular complexity index is 800. The molecule has 0 aromatic carbocycles. The Balaban J connectivity index is 1.37. The standard InChI is InChI=1S/C21H31N5OS/c1-14(2)11-22-21(28)23-12-16-9-15-6-7-26(16)13-17(15)19-10-18(24-25(19)3)20-5-4-8-27-20/h4-5,8,10,14-17H,6-7,9,11-13H2,1-3H3,(H2,22,23,28)/t15-,16+,17-/m0/s1. The molecule has 2 N–H and O–H groups in total. The molecule has 2 bridgehead atoms. The molecule has 0 amide bonds.